The third-order valence-electron chi connectivity index (χ3n) is 2.10. The summed E-state index contributed by atoms with van der Waals surface area (Å²) in [5.74, 6) is -0.441. The van der Waals surface area contributed by atoms with Crippen molar-refractivity contribution in [3.63, 3.8) is 0 Å². The monoisotopic (exact) mass is 206 g/mol. The van der Waals surface area contributed by atoms with Gasteiger partial charge < -0.3 is 10.6 Å². The number of sulfone groups is 1. The SMILES string of the molecule is CN(CCN)C(=O)C1CS(=O)(=O)C1. The molecule has 5 nitrogen and oxygen atoms in total. The topological polar surface area (TPSA) is 80.5 Å². The van der Waals surface area contributed by atoms with E-state index in [0.717, 1.165) is 0 Å². The average molecular weight is 206 g/mol. The molecule has 0 aromatic heterocycles. The normalized spacial score (nSPS) is 20.8. The van der Waals surface area contributed by atoms with Crippen molar-refractivity contribution >= 4 is 15.7 Å². The molecule has 2 N–H and O–H groups in total. The number of carbonyl (C=O) groups is 1. The summed E-state index contributed by atoms with van der Waals surface area (Å²) in [6.07, 6.45) is 0. The van der Waals surface area contributed by atoms with Crippen LogP contribution in [0.5, 0.6) is 0 Å². The van der Waals surface area contributed by atoms with Crippen molar-refractivity contribution in [1.29, 1.82) is 0 Å². The van der Waals surface area contributed by atoms with Gasteiger partial charge in [-0.15, -0.1) is 0 Å². The maximum atomic E-state index is 11.4. The zero-order valence-electron chi connectivity index (χ0n) is 7.56. The summed E-state index contributed by atoms with van der Waals surface area (Å²) < 4.78 is 21.6. The number of hydrogen-bond acceptors (Lipinski definition) is 4. The molecule has 0 aromatic rings. The van der Waals surface area contributed by atoms with Gasteiger partial charge in [-0.05, 0) is 0 Å². The summed E-state index contributed by atoms with van der Waals surface area (Å²) in [7, 11) is -1.26. The molecule has 0 atom stereocenters. The van der Waals surface area contributed by atoms with Gasteiger partial charge in [0.15, 0.2) is 9.84 Å². The number of carbonyl (C=O) groups excluding carboxylic acids is 1. The molecule has 1 aliphatic rings. The van der Waals surface area contributed by atoms with Crippen LogP contribution in [0.2, 0.25) is 0 Å². The highest BCUT2D eigenvalue weighted by atomic mass is 32.2. The van der Waals surface area contributed by atoms with Crippen molar-refractivity contribution in [2.75, 3.05) is 31.6 Å². The molecule has 1 aliphatic heterocycles. The highest BCUT2D eigenvalue weighted by Gasteiger charge is 2.39. The number of nitrogens with two attached hydrogens (primary N) is 1. The largest absolute Gasteiger partial charge is 0.344 e. The van der Waals surface area contributed by atoms with Gasteiger partial charge in [0.25, 0.3) is 0 Å². The van der Waals surface area contributed by atoms with Crippen molar-refractivity contribution < 1.29 is 13.2 Å². The third kappa shape index (κ3) is 2.41. The van der Waals surface area contributed by atoms with E-state index >= 15 is 0 Å². The van der Waals surface area contributed by atoms with E-state index in [-0.39, 0.29) is 23.3 Å². The first-order valence-corrected chi connectivity index (χ1v) is 5.94. The molecule has 0 unspecified atom stereocenters. The zero-order valence-corrected chi connectivity index (χ0v) is 8.38. The Hall–Kier alpha value is -0.620. The van der Waals surface area contributed by atoms with E-state index in [2.05, 4.69) is 0 Å². The molecule has 0 aliphatic carbocycles. The van der Waals surface area contributed by atoms with Crippen LogP contribution in [0.4, 0.5) is 0 Å². The molecular formula is C7H14N2O3S. The smallest absolute Gasteiger partial charge is 0.227 e. The Morgan fingerprint density at radius 2 is 2.08 bits per heavy atom. The quantitative estimate of drug-likeness (QED) is 0.606. The summed E-state index contributed by atoms with van der Waals surface area (Å²) in [4.78, 5) is 12.9. The Morgan fingerprint density at radius 1 is 1.54 bits per heavy atom. The van der Waals surface area contributed by atoms with E-state index in [1.165, 1.54) is 4.90 Å². The number of amides is 1. The second-order valence-electron chi connectivity index (χ2n) is 3.32. The molecule has 13 heavy (non-hydrogen) atoms. The van der Waals surface area contributed by atoms with Crippen LogP contribution in [0.15, 0.2) is 0 Å². The zero-order chi connectivity index (χ0) is 10.1. The lowest BCUT2D eigenvalue weighted by Gasteiger charge is -2.28. The van der Waals surface area contributed by atoms with Crippen LogP contribution in [0, 0.1) is 5.92 Å². The fourth-order valence-electron chi connectivity index (χ4n) is 1.32. The first-order chi connectivity index (χ1) is 5.96. The van der Waals surface area contributed by atoms with Gasteiger partial charge >= 0.3 is 0 Å². The highest BCUT2D eigenvalue weighted by Crippen LogP contribution is 2.19. The minimum atomic E-state index is -2.90. The Kier molecular flexibility index (Phi) is 2.92. The van der Waals surface area contributed by atoms with Crippen LogP contribution in [-0.4, -0.2) is 50.9 Å². The van der Waals surface area contributed by atoms with E-state index in [4.69, 9.17) is 5.73 Å². The molecule has 1 amide bonds. The first-order valence-electron chi connectivity index (χ1n) is 4.12. The average Bonchev–Trinajstić information content (AvgIpc) is 1.99. The van der Waals surface area contributed by atoms with Crippen LogP contribution in [0.1, 0.15) is 0 Å². The number of likely N-dealkylation sites (N-methyl/N-ethyl adjacent to an activating group) is 1. The second-order valence-corrected chi connectivity index (χ2v) is 5.48. The van der Waals surface area contributed by atoms with E-state index in [1.54, 1.807) is 7.05 Å². The van der Waals surface area contributed by atoms with Crippen molar-refractivity contribution in [2.45, 2.75) is 0 Å². The molecule has 1 rings (SSSR count). The molecular weight excluding hydrogens is 192 g/mol. The highest BCUT2D eigenvalue weighted by molar-refractivity contribution is 7.92. The van der Waals surface area contributed by atoms with E-state index < -0.39 is 9.84 Å². The lowest BCUT2D eigenvalue weighted by Crippen LogP contribution is -2.48. The number of rotatable bonds is 3. The van der Waals surface area contributed by atoms with Crippen molar-refractivity contribution in [3.05, 3.63) is 0 Å². The summed E-state index contributed by atoms with van der Waals surface area (Å²) in [5, 5.41) is 0. The molecule has 0 bridgehead atoms. The summed E-state index contributed by atoms with van der Waals surface area (Å²) >= 11 is 0. The van der Waals surface area contributed by atoms with Gasteiger partial charge in [-0.3, -0.25) is 4.79 Å². The minimum Gasteiger partial charge on any atom is -0.344 e. The summed E-state index contributed by atoms with van der Waals surface area (Å²) in [5.41, 5.74) is 5.27. The third-order valence-corrected chi connectivity index (χ3v) is 3.92. The molecule has 1 fully saturated rings. The Bertz CT molecular complexity index is 287. The molecule has 1 heterocycles. The number of nitrogens with zero attached hydrogens (tertiary/aromatic N) is 1. The molecule has 0 aromatic carbocycles. The van der Waals surface area contributed by atoms with Gasteiger partial charge in [0.1, 0.15) is 0 Å². The fraction of sp³-hybridized carbons (Fsp3) is 0.857. The summed E-state index contributed by atoms with van der Waals surface area (Å²) in [6, 6.07) is 0. The van der Waals surface area contributed by atoms with E-state index in [9.17, 15) is 13.2 Å². The molecule has 6 heteroatoms. The Morgan fingerprint density at radius 3 is 2.46 bits per heavy atom. The van der Waals surface area contributed by atoms with E-state index in [0.29, 0.717) is 13.1 Å². The lowest BCUT2D eigenvalue weighted by atomic mass is 10.2. The predicted molar refractivity (Wildman–Crippen MR) is 48.8 cm³/mol. The Labute approximate surface area is 77.8 Å². The first kappa shape index (κ1) is 10.5. The van der Waals surface area contributed by atoms with Crippen molar-refractivity contribution in [3.8, 4) is 0 Å². The van der Waals surface area contributed by atoms with Gasteiger partial charge in [0.2, 0.25) is 5.91 Å². The molecule has 0 radical (unpaired) electrons. The maximum absolute atomic E-state index is 11.4. The van der Waals surface area contributed by atoms with Gasteiger partial charge in [0.05, 0.1) is 17.4 Å². The Balaban J connectivity index is 2.43. The second kappa shape index (κ2) is 3.63. The van der Waals surface area contributed by atoms with Gasteiger partial charge in [-0.1, -0.05) is 0 Å². The van der Waals surface area contributed by atoms with Gasteiger partial charge in [-0.2, -0.15) is 0 Å². The van der Waals surface area contributed by atoms with Gasteiger partial charge in [-0.25, -0.2) is 8.42 Å². The minimum absolute atomic E-state index is 0.000739. The van der Waals surface area contributed by atoms with Crippen LogP contribution >= 0.6 is 0 Å². The van der Waals surface area contributed by atoms with Gasteiger partial charge in [0, 0.05) is 20.1 Å². The molecule has 0 spiro atoms. The molecule has 76 valence electrons. The van der Waals surface area contributed by atoms with E-state index in [1.807, 2.05) is 0 Å². The van der Waals surface area contributed by atoms with Crippen LogP contribution in [-0.2, 0) is 14.6 Å². The lowest BCUT2D eigenvalue weighted by molar-refractivity contribution is -0.133. The molecule has 0 saturated carbocycles. The number of hydrogen-bond donors (Lipinski definition) is 1. The van der Waals surface area contributed by atoms with Crippen LogP contribution in [0.25, 0.3) is 0 Å². The standard InChI is InChI=1S/C7H14N2O3S/c1-9(3-2-8)7(10)6-4-13(11,12)5-6/h6H,2-5,8H2,1H3. The van der Waals surface area contributed by atoms with Crippen LogP contribution in [0.3, 0.4) is 0 Å². The maximum Gasteiger partial charge on any atom is 0.227 e. The van der Waals surface area contributed by atoms with Crippen LogP contribution < -0.4 is 5.73 Å². The van der Waals surface area contributed by atoms with Crippen molar-refractivity contribution in [1.82, 2.24) is 4.90 Å². The predicted octanol–water partition coefficient (Wildman–Crippen LogP) is -1.55. The van der Waals surface area contributed by atoms with Crippen molar-refractivity contribution in [2.24, 2.45) is 11.7 Å². The molecule has 1 saturated heterocycles. The summed E-state index contributed by atoms with van der Waals surface area (Å²) in [6.45, 7) is 0.886. The fourth-order valence-corrected chi connectivity index (χ4v) is 2.74.